The molecule has 1 aliphatic heterocycles. The number of carbonyl (C=O) groups is 1. The van der Waals surface area contributed by atoms with Crippen molar-refractivity contribution in [3.05, 3.63) is 35.7 Å². The van der Waals surface area contributed by atoms with Gasteiger partial charge in [-0.1, -0.05) is 5.16 Å². The van der Waals surface area contributed by atoms with Gasteiger partial charge in [-0.25, -0.2) is 4.98 Å². The standard InChI is InChI=1S/C14H19N5O2/c1-10-4-11(16-21-10)6-18-7-12-5-15-9-19(12)13(8-18)14(20)17(2)3/h4-5,9,13H,6-8H2,1-3H3/t13-/m0/s1. The van der Waals surface area contributed by atoms with E-state index in [9.17, 15) is 4.79 Å². The Morgan fingerprint density at radius 2 is 2.33 bits per heavy atom. The molecule has 0 saturated heterocycles. The van der Waals surface area contributed by atoms with Crippen LogP contribution in [0.5, 0.6) is 0 Å². The number of imidazole rings is 1. The molecule has 7 heteroatoms. The van der Waals surface area contributed by atoms with E-state index in [4.69, 9.17) is 4.52 Å². The van der Waals surface area contributed by atoms with Crippen LogP contribution in [0.3, 0.4) is 0 Å². The largest absolute Gasteiger partial charge is 0.361 e. The molecule has 1 amide bonds. The number of likely N-dealkylation sites (N-methyl/N-ethyl adjacent to an activating group) is 1. The van der Waals surface area contributed by atoms with Crippen LogP contribution in [0.2, 0.25) is 0 Å². The van der Waals surface area contributed by atoms with Crippen LogP contribution in [-0.2, 0) is 17.9 Å². The minimum absolute atomic E-state index is 0.0790. The highest BCUT2D eigenvalue weighted by atomic mass is 16.5. The highest BCUT2D eigenvalue weighted by Crippen LogP contribution is 2.23. The Labute approximate surface area is 123 Å². The number of hydrogen-bond acceptors (Lipinski definition) is 5. The third kappa shape index (κ3) is 2.69. The molecule has 0 aliphatic carbocycles. The van der Waals surface area contributed by atoms with Crippen LogP contribution < -0.4 is 0 Å². The zero-order valence-corrected chi connectivity index (χ0v) is 12.5. The fraction of sp³-hybridized carbons (Fsp3) is 0.500. The molecule has 0 saturated carbocycles. The number of carbonyl (C=O) groups excluding carboxylic acids is 1. The molecule has 1 aliphatic rings. The summed E-state index contributed by atoms with van der Waals surface area (Å²) in [5.74, 6) is 0.878. The number of amides is 1. The summed E-state index contributed by atoms with van der Waals surface area (Å²) in [5, 5.41) is 4.02. The molecule has 0 radical (unpaired) electrons. The molecular formula is C14H19N5O2. The quantitative estimate of drug-likeness (QED) is 0.837. The normalized spacial score (nSPS) is 18.5. The number of hydrogen-bond donors (Lipinski definition) is 0. The Hall–Kier alpha value is -2.15. The summed E-state index contributed by atoms with van der Waals surface area (Å²) in [7, 11) is 3.55. The molecule has 21 heavy (non-hydrogen) atoms. The number of fused-ring (bicyclic) bond motifs is 1. The average Bonchev–Trinajstić information content (AvgIpc) is 3.05. The summed E-state index contributed by atoms with van der Waals surface area (Å²) in [6.45, 7) is 3.94. The highest BCUT2D eigenvalue weighted by molar-refractivity contribution is 5.80. The lowest BCUT2D eigenvalue weighted by molar-refractivity contribution is -0.133. The van der Waals surface area contributed by atoms with Crippen molar-refractivity contribution < 1.29 is 9.32 Å². The van der Waals surface area contributed by atoms with Crippen molar-refractivity contribution in [3.8, 4) is 0 Å². The second-order valence-electron chi connectivity index (χ2n) is 5.64. The number of aryl methyl sites for hydroxylation is 1. The summed E-state index contributed by atoms with van der Waals surface area (Å²) in [6, 6.07) is 1.69. The van der Waals surface area contributed by atoms with Gasteiger partial charge in [0.1, 0.15) is 11.8 Å². The van der Waals surface area contributed by atoms with Crippen LogP contribution in [0.4, 0.5) is 0 Å². The molecule has 0 unspecified atom stereocenters. The molecule has 112 valence electrons. The first-order chi connectivity index (χ1) is 10.0. The Balaban J connectivity index is 1.81. The van der Waals surface area contributed by atoms with Gasteiger partial charge in [0.2, 0.25) is 5.91 Å². The topological polar surface area (TPSA) is 67.4 Å². The van der Waals surface area contributed by atoms with Crippen molar-refractivity contribution in [2.45, 2.75) is 26.1 Å². The molecule has 2 aromatic heterocycles. The van der Waals surface area contributed by atoms with E-state index in [2.05, 4.69) is 15.0 Å². The summed E-state index contributed by atoms with van der Waals surface area (Å²) < 4.78 is 7.07. The molecule has 3 heterocycles. The van der Waals surface area contributed by atoms with Crippen LogP contribution in [-0.4, -0.2) is 51.1 Å². The van der Waals surface area contributed by atoms with Crippen molar-refractivity contribution in [2.24, 2.45) is 0 Å². The second-order valence-corrected chi connectivity index (χ2v) is 5.64. The molecule has 3 rings (SSSR count). The first-order valence-corrected chi connectivity index (χ1v) is 6.91. The van der Waals surface area contributed by atoms with Gasteiger partial charge in [-0.3, -0.25) is 9.69 Å². The maximum atomic E-state index is 12.4. The van der Waals surface area contributed by atoms with E-state index in [-0.39, 0.29) is 11.9 Å². The molecule has 1 atom stereocenters. The van der Waals surface area contributed by atoms with Gasteiger partial charge in [0.25, 0.3) is 0 Å². The summed E-state index contributed by atoms with van der Waals surface area (Å²) in [6.07, 6.45) is 3.55. The highest BCUT2D eigenvalue weighted by Gasteiger charge is 2.31. The van der Waals surface area contributed by atoms with Gasteiger partial charge >= 0.3 is 0 Å². The van der Waals surface area contributed by atoms with Crippen LogP contribution in [0.15, 0.2) is 23.1 Å². The van der Waals surface area contributed by atoms with Crippen molar-refractivity contribution in [1.29, 1.82) is 0 Å². The predicted molar refractivity (Wildman–Crippen MR) is 75.3 cm³/mol. The van der Waals surface area contributed by atoms with Gasteiger partial charge < -0.3 is 14.0 Å². The smallest absolute Gasteiger partial charge is 0.246 e. The van der Waals surface area contributed by atoms with Crippen LogP contribution >= 0.6 is 0 Å². The van der Waals surface area contributed by atoms with Crippen LogP contribution in [0.25, 0.3) is 0 Å². The van der Waals surface area contributed by atoms with Crippen molar-refractivity contribution in [1.82, 2.24) is 24.5 Å². The molecule has 0 aromatic carbocycles. The Morgan fingerprint density at radius 1 is 1.52 bits per heavy atom. The summed E-state index contributed by atoms with van der Waals surface area (Å²) in [5.41, 5.74) is 1.93. The first-order valence-electron chi connectivity index (χ1n) is 6.91. The number of rotatable bonds is 3. The minimum atomic E-state index is -0.237. The lowest BCUT2D eigenvalue weighted by Crippen LogP contribution is -2.43. The Morgan fingerprint density at radius 3 is 3.00 bits per heavy atom. The molecule has 0 spiro atoms. The van der Waals surface area contributed by atoms with Crippen LogP contribution in [0.1, 0.15) is 23.2 Å². The lowest BCUT2D eigenvalue weighted by atomic mass is 10.1. The SMILES string of the molecule is Cc1cc(CN2Cc3cncn3[C@H](C(=O)N(C)C)C2)no1. The third-order valence-electron chi connectivity index (χ3n) is 3.69. The first kappa shape index (κ1) is 13.8. The van der Waals surface area contributed by atoms with Crippen molar-refractivity contribution in [2.75, 3.05) is 20.6 Å². The Bertz CT molecular complexity index is 645. The summed E-state index contributed by atoms with van der Waals surface area (Å²) >= 11 is 0. The van der Waals surface area contributed by atoms with Gasteiger partial charge in [-0.05, 0) is 6.92 Å². The Kier molecular flexibility index (Phi) is 3.50. The summed E-state index contributed by atoms with van der Waals surface area (Å²) in [4.78, 5) is 20.4. The maximum Gasteiger partial charge on any atom is 0.246 e. The van der Waals surface area contributed by atoms with Gasteiger partial charge in [0.15, 0.2) is 0 Å². The maximum absolute atomic E-state index is 12.4. The van der Waals surface area contributed by atoms with Gasteiger partial charge in [-0.15, -0.1) is 0 Å². The van der Waals surface area contributed by atoms with E-state index in [0.29, 0.717) is 13.1 Å². The molecule has 2 aromatic rings. The van der Waals surface area contributed by atoms with Crippen molar-refractivity contribution >= 4 is 5.91 Å². The number of aromatic nitrogens is 3. The second kappa shape index (κ2) is 5.33. The van der Waals surface area contributed by atoms with Crippen molar-refractivity contribution in [3.63, 3.8) is 0 Å². The molecule has 0 N–H and O–H groups in total. The lowest BCUT2D eigenvalue weighted by Gasteiger charge is -2.34. The molecule has 7 nitrogen and oxygen atoms in total. The van der Waals surface area contributed by atoms with E-state index < -0.39 is 0 Å². The van der Waals surface area contributed by atoms with E-state index in [1.807, 2.05) is 23.8 Å². The molecule has 0 bridgehead atoms. The van der Waals surface area contributed by atoms with Gasteiger partial charge in [0.05, 0.1) is 17.7 Å². The average molecular weight is 289 g/mol. The minimum Gasteiger partial charge on any atom is -0.361 e. The fourth-order valence-electron chi connectivity index (χ4n) is 2.70. The zero-order valence-electron chi connectivity index (χ0n) is 12.5. The van der Waals surface area contributed by atoms with Gasteiger partial charge in [-0.2, -0.15) is 0 Å². The predicted octanol–water partition coefficient (Wildman–Crippen LogP) is 0.825. The third-order valence-corrected chi connectivity index (χ3v) is 3.69. The van der Waals surface area contributed by atoms with E-state index in [1.54, 1.807) is 25.3 Å². The van der Waals surface area contributed by atoms with Crippen LogP contribution in [0, 0.1) is 6.92 Å². The zero-order chi connectivity index (χ0) is 15.0. The monoisotopic (exact) mass is 289 g/mol. The van der Waals surface area contributed by atoms with E-state index in [0.717, 1.165) is 23.7 Å². The molecule has 0 fully saturated rings. The molecular weight excluding hydrogens is 270 g/mol. The van der Waals surface area contributed by atoms with E-state index in [1.165, 1.54) is 0 Å². The van der Waals surface area contributed by atoms with Gasteiger partial charge in [0, 0.05) is 46.0 Å². The van der Waals surface area contributed by atoms with E-state index >= 15 is 0 Å². The number of nitrogens with zero attached hydrogens (tertiary/aromatic N) is 5. The fourth-order valence-corrected chi connectivity index (χ4v) is 2.70.